The molecule has 1 saturated carbocycles. The monoisotopic (exact) mass is 484 g/mol. The predicted molar refractivity (Wildman–Crippen MR) is 126 cm³/mol. The number of carboxylic acid groups (broad SMARTS) is 2. The molecular weight excluding hydrogens is 455 g/mol. The number of rotatable bonds is 8. The number of amides is 2. The molecule has 0 bridgehead atoms. The number of hydrogen-bond acceptors (Lipinski definition) is 4. The number of benzene rings is 2. The van der Waals surface area contributed by atoms with Gasteiger partial charge in [-0.25, -0.2) is 9.18 Å². The third kappa shape index (κ3) is 5.18. The Morgan fingerprint density at radius 1 is 1.03 bits per heavy atom. The fourth-order valence-electron chi connectivity index (χ4n) is 4.62. The number of carboxylic acids is 2. The molecule has 2 unspecified atom stereocenters. The second-order valence-corrected chi connectivity index (χ2v) is 9.68. The van der Waals surface area contributed by atoms with Gasteiger partial charge in [0.05, 0.1) is 11.0 Å². The lowest BCUT2D eigenvalue weighted by molar-refractivity contribution is -0.155. The van der Waals surface area contributed by atoms with Gasteiger partial charge >= 0.3 is 11.9 Å². The van der Waals surface area contributed by atoms with Gasteiger partial charge in [0.15, 0.2) is 0 Å². The van der Waals surface area contributed by atoms with Crippen molar-refractivity contribution in [3.63, 3.8) is 0 Å². The van der Waals surface area contributed by atoms with Crippen LogP contribution in [0.15, 0.2) is 48.5 Å². The Kier molecular flexibility index (Phi) is 7.28. The van der Waals surface area contributed by atoms with Gasteiger partial charge in [0.25, 0.3) is 5.91 Å². The first-order valence-corrected chi connectivity index (χ1v) is 11.3. The number of carbonyl (C=O) groups excluding carboxylic acids is 2. The van der Waals surface area contributed by atoms with E-state index in [4.69, 9.17) is 0 Å². The van der Waals surface area contributed by atoms with Gasteiger partial charge < -0.3 is 20.8 Å². The van der Waals surface area contributed by atoms with E-state index >= 15 is 0 Å². The Labute approximate surface area is 202 Å². The molecule has 9 heteroatoms. The smallest absolute Gasteiger partial charge is 0.326 e. The molecule has 2 aromatic rings. The summed E-state index contributed by atoms with van der Waals surface area (Å²) in [5.74, 6) is -4.57. The molecule has 1 aliphatic rings. The quantitative estimate of drug-likeness (QED) is 0.451. The lowest BCUT2D eigenvalue weighted by Crippen LogP contribution is -2.49. The second-order valence-electron chi connectivity index (χ2n) is 9.68. The van der Waals surface area contributed by atoms with Crippen LogP contribution in [-0.2, 0) is 20.8 Å². The first-order chi connectivity index (χ1) is 16.4. The highest BCUT2D eigenvalue weighted by Gasteiger charge is 2.58. The SMILES string of the molecule is CC1(C(=O)O)CCC(C(=O)N[C@@H](Cc2ccc(NC(=O)c3ccccc3F)cc2)C(=O)O)C1(C)C. The first kappa shape index (κ1) is 25.9. The molecule has 0 aromatic heterocycles. The molecule has 0 saturated heterocycles. The minimum absolute atomic E-state index is 0.00798. The molecule has 1 aliphatic carbocycles. The van der Waals surface area contributed by atoms with E-state index in [2.05, 4.69) is 10.6 Å². The molecular formula is C26H29FN2O6. The maximum atomic E-state index is 13.8. The molecule has 35 heavy (non-hydrogen) atoms. The van der Waals surface area contributed by atoms with Crippen LogP contribution in [0.1, 0.15) is 49.5 Å². The molecule has 0 aliphatic heterocycles. The van der Waals surface area contributed by atoms with Gasteiger partial charge in [-0.1, -0.05) is 38.1 Å². The van der Waals surface area contributed by atoms with Gasteiger partial charge in [0.2, 0.25) is 5.91 Å². The van der Waals surface area contributed by atoms with E-state index in [1.807, 2.05) is 0 Å². The fraction of sp³-hybridized carbons (Fsp3) is 0.385. The van der Waals surface area contributed by atoms with Crippen molar-refractivity contribution in [3.05, 3.63) is 65.5 Å². The zero-order chi connectivity index (χ0) is 26.0. The molecule has 2 aromatic carbocycles. The Bertz CT molecular complexity index is 1150. The molecule has 3 atom stereocenters. The molecule has 4 N–H and O–H groups in total. The number of halogens is 1. The summed E-state index contributed by atoms with van der Waals surface area (Å²) >= 11 is 0. The normalized spacial score (nSPS) is 21.7. The van der Waals surface area contributed by atoms with Crippen LogP contribution in [0.5, 0.6) is 0 Å². The molecule has 2 amide bonds. The van der Waals surface area contributed by atoms with E-state index in [-0.39, 0.29) is 12.0 Å². The van der Waals surface area contributed by atoms with Crippen molar-refractivity contribution in [3.8, 4) is 0 Å². The predicted octanol–water partition coefficient (Wildman–Crippen LogP) is 3.72. The van der Waals surface area contributed by atoms with E-state index < -0.39 is 52.4 Å². The summed E-state index contributed by atoms with van der Waals surface area (Å²) in [5.41, 5.74) is -1.04. The molecule has 1 fully saturated rings. The third-order valence-corrected chi connectivity index (χ3v) is 7.40. The van der Waals surface area contributed by atoms with E-state index in [1.54, 1.807) is 51.1 Å². The fourth-order valence-corrected chi connectivity index (χ4v) is 4.62. The maximum Gasteiger partial charge on any atom is 0.326 e. The van der Waals surface area contributed by atoms with Crippen LogP contribution in [0.2, 0.25) is 0 Å². The van der Waals surface area contributed by atoms with Crippen LogP contribution in [0.3, 0.4) is 0 Å². The number of aliphatic carboxylic acids is 2. The van der Waals surface area contributed by atoms with Crippen molar-refractivity contribution in [2.24, 2.45) is 16.7 Å². The Hall–Kier alpha value is -3.75. The molecule has 186 valence electrons. The number of nitrogens with one attached hydrogen (secondary N) is 2. The van der Waals surface area contributed by atoms with Crippen molar-refractivity contribution in [1.82, 2.24) is 5.32 Å². The van der Waals surface area contributed by atoms with Gasteiger partial charge in [-0.2, -0.15) is 0 Å². The largest absolute Gasteiger partial charge is 0.481 e. The van der Waals surface area contributed by atoms with Gasteiger partial charge in [-0.05, 0) is 55.0 Å². The zero-order valence-corrected chi connectivity index (χ0v) is 19.8. The van der Waals surface area contributed by atoms with E-state index in [0.717, 1.165) is 0 Å². The van der Waals surface area contributed by atoms with Crippen molar-refractivity contribution < 1.29 is 33.8 Å². The van der Waals surface area contributed by atoms with Crippen LogP contribution in [-0.4, -0.2) is 40.0 Å². The van der Waals surface area contributed by atoms with Crippen molar-refractivity contribution in [2.45, 2.75) is 46.1 Å². The molecule has 3 rings (SSSR count). The Morgan fingerprint density at radius 2 is 1.66 bits per heavy atom. The number of anilines is 1. The summed E-state index contributed by atoms with van der Waals surface area (Å²) in [6.07, 6.45) is 0.668. The highest BCUT2D eigenvalue weighted by molar-refractivity contribution is 6.04. The van der Waals surface area contributed by atoms with Crippen molar-refractivity contribution >= 4 is 29.4 Å². The maximum absolute atomic E-state index is 13.8. The minimum atomic E-state index is -1.22. The van der Waals surface area contributed by atoms with Crippen molar-refractivity contribution in [1.29, 1.82) is 0 Å². The Morgan fingerprint density at radius 3 is 2.20 bits per heavy atom. The summed E-state index contributed by atoms with van der Waals surface area (Å²) in [5, 5.41) is 24.5. The van der Waals surface area contributed by atoms with Crippen LogP contribution in [0, 0.1) is 22.6 Å². The van der Waals surface area contributed by atoms with Crippen molar-refractivity contribution in [2.75, 3.05) is 5.32 Å². The topological polar surface area (TPSA) is 133 Å². The molecule has 0 spiro atoms. The molecule has 0 radical (unpaired) electrons. The van der Waals surface area contributed by atoms with Gasteiger partial charge in [-0.15, -0.1) is 0 Å². The standard InChI is InChI=1S/C26H29FN2O6/c1-25(2)18(12-13-26(25,3)24(34)35)22(31)29-20(23(32)33)14-15-8-10-16(11-9-15)28-21(30)17-6-4-5-7-19(17)27/h4-11,18,20H,12-14H2,1-3H3,(H,28,30)(H,29,31)(H,32,33)(H,34,35)/t18?,20-,26?/m0/s1. The van der Waals surface area contributed by atoms with Gasteiger partial charge in [-0.3, -0.25) is 14.4 Å². The lowest BCUT2D eigenvalue weighted by atomic mass is 9.65. The highest BCUT2D eigenvalue weighted by atomic mass is 19.1. The summed E-state index contributed by atoms with van der Waals surface area (Å²) in [7, 11) is 0. The zero-order valence-electron chi connectivity index (χ0n) is 19.8. The number of carbonyl (C=O) groups is 4. The van der Waals surface area contributed by atoms with Crippen LogP contribution >= 0.6 is 0 Å². The van der Waals surface area contributed by atoms with E-state index in [9.17, 15) is 33.8 Å². The van der Waals surface area contributed by atoms with Crippen LogP contribution in [0.25, 0.3) is 0 Å². The second kappa shape index (κ2) is 9.85. The van der Waals surface area contributed by atoms with Crippen LogP contribution < -0.4 is 10.6 Å². The molecule has 8 nitrogen and oxygen atoms in total. The first-order valence-electron chi connectivity index (χ1n) is 11.3. The minimum Gasteiger partial charge on any atom is -0.481 e. The van der Waals surface area contributed by atoms with E-state index in [1.165, 1.54) is 18.2 Å². The number of hydrogen-bond donors (Lipinski definition) is 4. The molecule has 0 heterocycles. The lowest BCUT2D eigenvalue weighted by Gasteiger charge is -2.38. The summed E-state index contributed by atoms with van der Waals surface area (Å²) in [6.45, 7) is 5.06. The summed E-state index contributed by atoms with van der Waals surface area (Å²) in [4.78, 5) is 48.9. The van der Waals surface area contributed by atoms with E-state index in [0.29, 0.717) is 24.1 Å². The van der Waals surface area contributed by atoms with Gasteiger partial charge in [0, 0.05) is 18.0 Å². The highest BCUT2D eigenvalue weighted by Crippen LogP contribution is 2.56. The van der Waals surface area contributed by atoms with Crippen LogP contribution in [0.4, 0.5) is 10.1 Å². The summed E-state index contributed by atoms with van der Waals surface area (Å²) in [6, 6.07) is 10.7. The average molecular weight is 485 g/mol. The van der Waals surface area contributed by atoms with Gasteiger partial charge in [0.1, 0.15) is 11.9 Å². The third-order valence-electron chi connectivity index (χ3n) is 7.40. The Balaban J connectivity index is 1.66. The average Bonchev–Trinajstić information content (AvgIpc) is 3.04. The summed E-state index contributed by atoms with van der Waals surface area (Å²) < 4.78 is 13.8.